The number of urea groups is 1. The fourth-order valence-electron chi connectivity index (χ4n) is 4.75. The lowest BCUT2D eigenvalue weighted by molar-refractivity contribution is -0.132. The van der Waals surface area contributed by atoms with E-state index < -0.39 is 23.1 Å². The lowest BCUT2D eigenvalue weighted by atomic mass is 10.1. The van der Waals surface area contributed by atoms with Crippen LogP contribution in [0.25, 0.3) is 0 Å². The Morgan fingerprint density at radius 2 is 1.67 bits per heavy atom. The van der Waals surface area contributed by atoms with Gasteiger partial charge in [0.05, 0.1) is 11.4 Å². The Balaban J connectivity index is 1.36. The first-order chi connectivity index (χ1) is 17.4. The van der Waals surface area contributed by atoms with Crippen molar-refractivity contribution in [2.45, 2.75) is 24.8 Å². The molecule has 3 heterocycles. The van der Waals surface area contributed by atoms with Gasteiger partial charge >= 0.3 is 6.03 Å². The molecule has 2 aliphatic rings. The topological polar surface area (TPSA) is 77.1 Å². The predicted octanol–water partition coefficient (Wildman–Crippen LogP) is 3.38. The molecule has 0 bridgehead atoms. The van der Waals surface area contributed by atoms with Gasteiger partial charge in [0.15, 0.2) is 11.0 Å². The molecule has 9 heteroatoms. The normalized spacial score (nSPS) is 19.1. The minimum atomic E-state index is -1.73. The number of benzene rings is 2. The number of rotatable bonds is 5. The molecule has 1 aromatic heterocycles. The Hall–Kier alpha value is -3.72. The predicted molar refractivity (Wildman–Crippen MR) is 140 cm³/mol. The summed E-state index contributed by atoms with van der Waals surface area (Å²) in [7, 11) is -1.73. The van der Waals surface area contributed by atoms with Crippen LogP contribution in [-0.2, 0) is 15.8 Å². The molecule has 36 heavy (non-hydrogen) atoms. The second kappa shape index (κ2) is 10.1. The third-order valence-electron chi connectivity index (χ3n) is 6.69. The minimum absolute atomic E-state index is 0.0347. The van der Waals surface area contributed by atoms with Crippen molar-refractivity contribution in [1.29, 1.82) is 0 Å². The van der Waals surface area contributed by atoms with Crippen molar-refractivity contribution in [3.05, 3.63) is 84.1 Å². The molecule has 0 radical (unpaired) electrons. The summed E-state index contributed by atoms with van der Waals surface area (Å²) in [6, 6.07) is 19.2. The number of pyridine rings is 1. The van der Waals surface area contributed by atoms with Crippen LogP contribution in [0.3, 0.4) is 0 Å². The molecule has 3 amide bonds. The average molecular weight is 504 g/mol. The fourth-order valence-corrected chi connectivity index (χ4v) is 5.90. The molecule has 5 rings (SSSR count). The van der Waals surface area contributed by atoms with E-state index in [9.17, 15) is 13.8 Å². The van der Waals surface area contributed by atoms with Crippen molar-refractivity contribution >= 4 is 34.4 Å². The van der Waals surface area contributed by atoms with Gasteiger partial charge in [-0.15, -0.1) is 0 Å². The summed E-state index contributed by atoms with van der Waals surface area (Å²) in [5.41, 5.74) is 3.61. The zero-order valence-electron chi connectivity index (χ0n) is 20.4. The van der Waals surface area contributed by atoms with Gasteiger partial charge in [0.2, 0.25) is 5.91 Å². The van der Waals surface area contributed by atoms with E-state index in [1.165, 1.54) is 26.0 Å². The van der Waals surface area contributed by atoms with E-state index >= 15 is 0 Å². The zero-order valence-corrected chi connectivity index (χ0v) is 21.2. The summed E-state index contributed by atoms with van der Waals surface area (Å²) in [5, 5.41) is 0. The number of amides is 3. The van der Waals surface area contributed by atoms with E-state index in [1.807, 2.05) is 11.0 Å². The van der Waals surface area contributed by atoms with Crippen LogP contribution >= 0.6 is 0 Å². The van der Waals surface area contributed by atoms with Crippen LogP contribution in [0, 0.1) is 13.8 Å². The van der Waals surface area contributed by atoms with E-state index in [2.05, 4.69) is 41.9 Å². The summed E-state index contributed by atoms with van der Waals surface area (Å²) >= 11 is 0. The maximum atomic E-state index is 13.8. The molecule has 2 aliphatic heterocycles. The van der Waals surface area contributed by atoms with Gasteiger partial charge in [0, 0.05) is 38.1 Å². The second-order valence-corrected chi connectivity index (χ2v) is 10.5. The van der Waals surface area contributed by atoms with E-state index in [4.69, 9.17) is 0 Å². The highest BCUT2D eigenvalue weighted by Crippen LogP contribution is 2.28. The SMILES string of the molecule is Cc1ccc(C)c(N2CCN(C(=O)[C@@H]3CN(S(=O)c4ccccc4)C(=O)N3c3ccccn3)CC2)c1. The highest BCUT2D eigenvalue weighted by atomic mass is 32.2. The summed E-state index contributed by atoms with van der Waals surface area (Å²) in [5.74, 6) is 0.226. The molecule has 186 valence electrons. The van der Waals surface area contributed by atoms with Crippen molar-refractivity contribution in [1.82, 2.24) is 14.2 Å². The molecule has 3 aromatic rings. The van der Waals surface area contributed by atoms with Crippen LogP contribution in [0.2, 0.25) is 0 Å². The molecule has 0 aliphatic carbocycles. The van der Waals surface area contributed by atoms with Gasteiger partial charge in [0.25, 0.3) is 0 Å². The van der Waals surface area contributed by atoms with Crippen LogP contribution in [0.15, 0.2) is 77.8 Å². The molecule has 8 nitrogen and oxygen atoms in total. The third kappa shape index (κ3) is 4.58. The van der Waals surface area contributed by atoms with Crippen LogP contribution in [-0.4, -0.2) is 69.1 Å². The number of hydrogen-bond acceptors (Lipinski definition) is 5. The fraction of sp³-hybridized carbons (Fsp3) is 0.296. The molecular weight excluding hydrogens is 474 g/mol. The average Bonchev–Trinajstić information content (AvgIpc) is 3.27. The first-order valence-electron chi connectivity index (χ1n) is 12.0. The van der Waals surface area contributed by atoms with Crippen LogP contribution < -0.4 is 9.80 Å². The molecule has 0 saturated carbocycles. The zero-order chi connectivity index (χ0) is 25.2. The summed E-state index contributed by atoms with van der Waals surface area (Å²) in [6.45, 7) is 6.73. The van der Waals surface area contributed by atoms with E-state index in [0.717, 1.165) is 0 Å². The number of aryl methyl sites for hydroxylation is 2. The Bertz CT molecular complexity index is 1280. The maximum absolute atomic E-state index is 13.8. The number of hydrogen-bond donors (Lipinski definition) is 0. The van der Waals surface area contributed by atoms with Gasteiger partial charge in [-0.2, -0.15) is 0 Å². The van der Waals surface area contributed by atoms with E-state index in [0.29, 0.717) is 36.9 Å². The monoisotopic (exact) mass is 503 g/mol. The maximum Gasteiger partial charge on any atom is 0.338 e. The highest BCUT2D eigenvalue weighted by Gasteiger charge is 2.47. The van der Waals surface area contributed by atoms with Crippen LogP contribution in [0.4, 0.5) is 16.3 Å². The number of nitrogens with zero attached hydrogens (tertiary/aromatic N) is 5. The number of piperazine rings is 1. The first kappa shape index (κ1) is 24.0. The first-order valence-corrected chi connectivity index (χ1v) is 13.1. The number of carbonyl (C=O) groups excluding carboxylic acids is 2. The van der Waals surface area contributed by atoms with Gasteiger partial charge < -0.3 is 9.80 Å². The molecule has 0 N–H and O–H groups in total. The number of anilines is 2. The van der Waals surface area contributed by atoms with Crippen molar-refractivity contribution in [2.24, 2.45) is 0 Å². The molecule has 0 spiro atoms. The van der Waals surface area contributed by atoms with E-state index in [1.54, 1.807) is 48.7 Å². The highest BCUT2D eigenvalue weighted by molar-refractivity contribution is 7.83. The molecular formula is C27H29N5O3S. The van der Waals surface area contributed by atoms with Crippen molar-refractivity contribution in [2.75, 3.05) is 42.5 Å². The van der Waals surface area contributed by atoms with Gasteiger partial charge in [-0.25, -0.2) is 18.3 Å². The summed E-state index contributed by atoms with van der Waals surface area (Å²) < 4.78 is 14.5. The Kier molecular flexibility index (Phi) is 6.73. The van der Waals surface area contributed by atoms with Gasteiger partial charge in [0.1, 0.15) is 11.9 Å². The van der Waals surface area contributed by atoms with Crippen molar-refractivity contribution in [3.8, 4) is 0 Å². The quantitative estimate of drug-likeness (QED) is 0.534. The molecule has 1 unspecified atom stereocenters. The van der Waals surface area contributed by atoms with Crippen LogP contribution in [0.1, 0.15) is 11.1 Å². The standard InChI is InChI=1S/C27H29N5O3S/c1-20-11-12-21(2)23(18-20)29-14-16-30(17-15-29)26(33)24-19-31(36(35)22-8-4-3-5-9-22)27(34)32(24)25-10-6-7-13-28-25/h3-13,18,24H,14-17,19H2,1-2H3/t24-,36?/m0/s1. The molecule has 2 fully saturated rings. The van der Waals surface area contributed by atoms with Crippen LogP contribution in [0.5, 0.6) is 0 Å². The second-order valence-electron chi connectivity index (χ2n) is 9.08. The Morgan fingerprint density at radius 1 is 0.944 bits per heavy atom. The smallest absolute Gasteiger partial charge is 0.338 e. The molecule has 2 saturated heterocycles. The van der Waals surface area contributed by atoms with Crippen molar-refractivity contribution in [3.63, 3.8) is 0 Å². The van der Waals surface area contributed by atoms with E-state index in [-0.39, 0.29) is 12.5 Å². The summed E-state index contributed by atoms with van der Waals surface area (Å²) in [6.07, 6.45) is 1.59. The van der Waals surface area contributed by atoms with Gasteiger partial charge in [-0.05, 0) is 55.3 Å². The summed E-state index contributed by atoms with van der Waals surface area (Å²) in [4.78, 5) is 37.6. The lowest BCUT2D eigenvalue weighted by Crippen LogP contribution is -2.55. The Labute approximate surface area is 213 Å². The van der Waals surface area contributed by atoms with Crippen molar-refractivity contribution < 1.29 is 13.8 Å². The Morgan fingerprint density at radius 3 is 2.36 bits per heavy atom. The van der Waals surface area contributed by atoms with Gasteiger partial charge in [-0.3, -0.25) is 9.69 Å². The third-order valence-corrected chi connectivity index (χ3v) is 8.07. The lowest BCUT2D eigenvalue weighted by Gasteiger charge is -2.38. The molecule has 2 atom stereocenters. The number of aromatic nitrogens is 1. The van der Waals surface area contributed by atoms with Gasteiger partial charge in [-0.1, -0.05) is 36.4 Å². The minimum Gasteiger partial charge on any atom is -0.368 e. The number of carbonyl (C=O) groups is 2. The largest absolute Gasteiger partial charge is 0.368 e. The molecule has 2 aromatic carbocycles.